The van der Waals surface area contributed by atoms with Gasteiger partial charge in [0.15, 0.2) is 5.65 Å². The molecule has 0 saturated carbocycles. The molecule has 0 radical (unpaired) electrons. The number of aryl methyl sites for hydroxylation is 1. The molecular formula is C23H23FN6O3. The Balaban J connectivity index is 1.69. The van der Waals surface area contributed by atoms with Gasteiger partial charge in [0.05, 0.1) is 23.0 Å². The first-order valence-corrected chi connectivity index (χ1v) is 10.5. The van der Waals surface area contributed by atoms with Gasteiger partial charge in [0.1, 0.15) is 5.82 Å². The molecule has 3 aromatic heterocycles. The molecule has 9 nitrogen and oxygen atoms in total. The van der Waals surface area contributed by atoms with Gasteiger partial charge in [0.2, 0.25) is 0 Å². The predicted molar refractivity (Wildman–Crippen MR) is 121 cm³/mol. The number of nitrogens with zero attached hydrogens (tertiary/aromatic N) is 4. The molecule has 0 unspecified atom stereocenters. The van der Waals surface area contributed by atoms with Gasteiger partial charge < -0.3 is 9.88 Å². The Morgan fingerprint density at radius 1 is 1.24 bits per heavy atom. The highest BCUT2D eigenvalue weighted by molar-refractivity contribution is 6.05. The molecule has 1 amide bonds. The number of hydrogen-bond donors (Lipinski definition) is 2. The molecule has 0 fully saturated rings. The largest absolute Gasteiger partial charge is 0.348 e. The SMILES string of the molecule is CCn1c(=O)[nH]c(=O)c2c(C(=O)NCc3ccc(-n4ccnc4)c(F)c3)cc(C(C)C)nc21. The van der Waals surface area contributed by atoms with E-state index in [-0.39, 0.29) is 35.6 Å². The Kier molecular flexibility index (Phi) is 5.91. The second kappa shape index (κ2) is 8.81. The number of fused-ring (bicyclic) bond motifs is 1. The maximum Gasteiger partial charge on any atom is 0.329 e. The van der Waals surface area contributed by atoms with Gasteiger partial charge in [0, 0.05) is 31.2 Å². The average molecular weight is 450 g/mol. The van der Waals surface area contributed by atoms with Crippen LogP contribution in [0.15, 0.2) is 52.6 Å². The number of carbonyl (C=O) groups is 1. The number of halogens is 1. The fourth-order valence-electron chi connectivity index (χ4n) is 3.61. The minimum atomic E-state index is -0.677. The Labute approximate surface area is 187 Å². The maximum atomic E-state index is 14.5. The highest BCUT2D eigenvalue weighted by atomic mass is 19.1. The van der Waals surface area contributed by atoms with E-state index in [1.54, 1.807) is 42.1 Å². The number of aromatic amines is 1. The van der Waals surface area contributed by atoms with Crippen LogP contribution in [0.4, 0.5) is 4.39 Å². The van der Waals surface area contributed by atoms with Crippen molar-refractivity contribution in [3.63, 3.8) is 0 Å². The third-order valence-electron chi connectivity index (χ3n) is 5.37. The number of benzene rings is 1. The second-order valence-corrected chi connectivity index (χ2v) is 7.89. The van der Waals surface area contributed by atoms with E-state index in [9.17, 15) is 18.8 Å². The summed E-state index contributed by atoms with van der Waals surface area (Å²) < 4.78 is 17.4. The van der Waals surface area contributed by atoms with E-state index in [1.807, 2.05) is 13.8 Å². The Morgan fingerprint density at radius 3 is 2.67 bits per heavy atom. The third kappa shape index (κ3) is 4.19. The lowest BCUT2D eigenvalue weighted by atomic mass is 10.0. The van der Waals surface area contributed by atoms with Crippen molar-refractivity contribution >= 4 is 16.9 Å². The van der Waals surface area contributed by atoms with Crippen LogP contribution in [-0.4, -0.2) is 30.0 Å². The molecule has 0 spiro atoms. The minimum absolute atomic E-state index is 0.0366. The minimum Gasteiger partial charge on any atom is -0.348 e. The van der Waals surface area contributed by atoms with Crippen molar-refractivity contribution in [3.05, 3.63) is 86.5 Å². The van der Waals surface area contributed by atoms with Gasteiger partial charge in [-0.1, -0.05) is 19.9 Å². The highest BCUT2D eigenvalue weighted by Crippen LogP contribution is 2.20. The molecule has 3 heterocycles. The van der Waals surface area contributed by atoms with Crippen molar-refractivity contribution in [1.82, 2.24) is 29.4 Å². The normalized spacial score (nSPS) is 11.3. The number of imidazole rings is 1. The van der Waals surface area contributed by atoms with Crippen molar-refractivity contribution in [1.29, 1.82) is 0 Å². The first-order chi connectivity index (χ1) is 15.8. The van der Waals surface area contributed by atoms with Gasteiger partial charge in [0.25, 0.3) is 11.5 Å². The molecule has 0 saturated heterocycles. The first kappa shape index (κ1) is 22.1. The van der Waals surface area contributed by atoms with Gasteiger partial charge in [-0.15, -0.1) is 0 Å². The molecule has 33 heavy (non-hydrogen) atoms. The predicted octanol–water partition coefficient (Wildman–Crippen LogP) is 2.48. The summed E-state index contributed by atoms with van der Waals surface area (Å²) in [4.78, 5) is 48.6. The summed E-state index contributed by atoms with van der Waals surface area (Å²) in [6.45, 7) is 5.89. The topological polar surface area (TPSA) is 115 Å². The fourth-order valence-corrected chi connectivity index (χ4v) is 3.61. The van der Waals surface area contributed by atoms with Gasteiger partial charge >= 0.3 is 5.69 Å². The zero-order chi connectivity index (χ0) is 23.7. The number of aromatic nitrogens is 5. The number of H-pyrrole nitrogens is 1. The quantitative estimate of drug-likeness (QED) is 0.468. The summed E-state index contributed by atoms with van der Waals surface area (Å²) in [5.41, 5.74) is 0.489. The molecule has 0 aliphatic rings. The molecule has 2 N–H and O–H groups in total. The van der Waals surface area contributed by atoms with Crippen molar-refractivity contribution in [2.24, 2.45) is 0 Å². The van der Waals surface area contributed by atoms with Crippen LogP contribution in [0.1, 0.15) is 48.3 Å². The Hall–Kier alpha value is -4.08. The van der Waals surface area contributed by atoms with Crippen LogP contribution in [0, 0.1) is 5.82 Å². The smallest absolute Gasteiger partial charge is 0.329 e. The zero-order valence-electron chi connectivity index (χ0n) is 18.4. The standard InChI is InChI=1S/C23H23FN6O3/c1-4-30-20-19(22(32)28-23(30)33)15(10-17(27-20)13(2)3)21(31)26-11-14-5-6-18(16(24)9-14)29-8-7-25-12-29/h5-10,12-13H,4,11H2,1-3H3,(H,26,31)(H,28,32,33). The van der Waals surface area contributed by atoms with Crippen LogP contribution in [0.25, 0.3) is 16.7 Å². The van der Waals surface area contributed by atoms with Crippen molar-refractivity contribution in [3.8, 4) is 5.69 Å². The van der Waals surface area contributed by atoms with E-state index in [4.69, 9.17) is 0 Å². The number of pyridine rings is 1. The summed E-state index contributed by atoms with van der Waals surface area (Å²) in [6, 6.07) is 6.19. The Morgan fingerprint density at radius 2 is 2.03 bits per heavy atom. The molecular weight excluding hydrogens is 427 g/mol. The zero-order valence-corrected chi connectivity index (χ0v) is 18.4. The molecule has 0 aliphatic heterocycles. The summed E-state index contributed by atoms with van der Waals surface area (Å²) in [5, 5.41) is 2.78. The molecule has 4 rings (SSSR count). The molecule has 4 aromatic rings. The molecule has 0 aliphatic carbocycles. The van der Waals surface area contributed by atoms with Crippen LogP contribution in [0.2, 0.25) is 0 Å². The van der Waals surface area contributed by atoms with E-state index in [2.05, 4.69) is 20.3 Å². The van der Waals surface area contributed by atoms with Crippen molar-refractivity contribution in [2.45, 2.75) is 39.8 Å². The van der Waals surface area contributed by atoms with E-state index >= 15 is 0 Å². The summed E-state index contributed by atoms with van der Waals surface area (Å²) >= 11 is 0. The van der Waals surface area contributed by atoms with Crippen molar-refractivity contribution in [2.75, 3.05) is 0 Å². The molecule has 170 valence electrons. The molecule has 0 bridgehead atoms. The first-order valence-electron chi connectivity index (χ1n) is 10.5. The number of amides is 1. The van der Waals surface area contributed by atoms with Gasteiger partial charge in [-0.2, -0.15) is 0 Å². The number of rotatable bonds is 6. The Bertz CT molecular complexity index is 1450. The summed E-state index contributed by atoms with van der Waals surface area (Å²) in [7, 11) is 0. The number of hydrogen-bond acceptors (Lipinski definition) is 5. The van der Waals surface area contributed by atoms with Gasteiger partial charge in [-0.05, 0) is 36.6 Å². The van der Waals surface area contributed by atoms with E-state index in [1.165, 1.54) is 17.0 Å². The lowest BCUT2D eigenvalue weighted by Crippen LogP contribution is -2.33. The number of carbonyl (C=O) groups excluding carboxylic acids is 1. The van der Waals surface area contributed by atoms with E-state index < -0.39 is 23.0 Å². The van der Waals surface area contributed by atoms with Crippen LogP contribution >= 0.6 is 0 Å². The van der Waals surface area contributed by atoms with Crippen LogP contribution in [0.3, 0.4) is 0 Å². The monoisotopic (exact) mass is 450 g/mol. The number of nitrogens with one attached hydrogen (secondary N) is 2. The highest BCUT2D eigenvalue weighted by Gasteiger charge is 2.20. The third-order valence-corrected chi connectivity index (χ3v) is 5.37. The van der Waals surface area contributed by atoms with Gasteiger partial charge in [-0.3, -0.25) is 19.1 Å². The summed E-state index contributed by atoms with van der Waals surface area (Å²) in [5.74, 6) is -1.01. The van der Waals surface area contributed by atoms with Crippen LogP contribution in [-0.2, 0) is 13.1 Å². The van der Waals surface area contributed by atoms with E-state index in [0.29, 0.717) is 16.9 Å². The summed E-state index contributed by atoms with van der Waals surface area (Å²) in [6.07, 6.45) is 4.68. The molecule has 10 heteroatoms. The van der Waals surface area contributed by atoms with Crippen LogP contribution < -0.4 is 16.6 Å². The van der Waals surface area contributed by atoms with Gasteiger partial charge in [-0.25, -0.2) is 19.2 Å². The molecule has 1 aromatic carbocycles. The fraction of sp³-hybridized carbons (Fsp3) is 0.261. The maximum absolute atomic E-state index is 14.5. The van der Waals surface area contributed by atoms with E-state index in [0.717, 1.165) is 0 Å². The second-order valence-electron chi connectivity index (χ2n) is 7.89. The van der Waals surface area contributed by atoms with Crippen LogP contribution in [0.5, 0.6) is 0 Å². The van der Waals surface area contributed by atoms with Crippen molar-refractivity contribution < 1.29 is 9.18 Å². The average Bonchev–Trinajstić information content (AvgIpc) is 3.31. The lowest BCUT2D eigenvalue weighted by Gasteiger charge is -2.14. The molecule has 0 atom stereocenters. The lowest BCUT2D eigenvalue weighted by molar-refractivity contribution is 0.0952.